The predicted octanol–water partition coefficient (Wildman–Crippen LogP) is 3.71. The van der Waals surface area contributed by atoms with Crippen molar-refractivity contribution in [1.82, 2.24) is 14.7 Å². The molecule has 5 rings (SSSR count). The Kier molecular flexibility index (Phi) is 8.25. The van der Waals surface area contributed by atoms with Crippen LogP contribution in [-0.4, -0.2) is 65.3 Å². The predicted molar refractivity (Wildman–Crippen MR) is 149 cm³/mol. The third kappa shape index (κ3) is 5.19. The Morgan fingerprint density at radius 1 is 0.722 bits per heavy atom. The monoisotopic (exact) mass is 491 g/mol. The van der Waals surface area contributed by atoms with E-state index in [-0.39, 0.29) is 18.9 Å². The smallest absolute Gasteiger partial charge is 0.139 e. The number of likely N-dealkylation sites (tertiary alicyclic amines) is 1. The molecule has 3 fully saturated rings. The van der Waals surface area contributed by atoms with Gasteiger partial charge in [0.2, 0.25) is 0 Å². The van der Waals surface area contributed by atoms with Crippen molar-refractivity contribution in [3.8, 4) is 11.1 Å². The lowest BCUT2D eigenvalue weighted by Gasteiger charge is -2.57. The van der Waals surface area contributed by atoms with Crippen LogP contribution in [0.3, 0.4) is 0 Å². The molecule has 2 aromatic carbocycles. The number of nitrogens with two attached hydrogens (primary N) is 3. The highest BCUT2D eigenvalue weighted by Crippen LogP contribution is 2.33. The second-order valence-corrected chi connectivity index (χ2v) is 10.8. The molecular weight excluding hydrogens is 446 g/mol. The summed E-state index contributed by atoms with van der Waals surface area (Å²) in [6, 6.07) is 20.0. The van der Waals surface area contributed by atoms with Gasteiger partial charge in [-0.05, 0) is 62.0 Å². The molecule has 4 unspecified atom stereocenters. The van der Waals surface area contributed by atoms with Crippen LogP contribution in [-0.2, 0) is 0 Å². The van der Waals surface area contributed by atoms with E-state index >= 15 is 0 Å². The quantitative estimate of drug-likeness (QED) is 0.531. The minimum atomic E-state index is -0.376. The van der Waals surface area contributed by atoms with Crippen molar-refractivity contribution < 1.29 is 0 Å². The van der Waals surface area contributed by atoms with Crippen LogP contribution in [0.4, 0.5) is 5.69 Å². The van der Waals surface area contributed by atoms with E-state index in [2.05, 4.69) is 75.1 Å². The fourth-order valence-corrected chi connectivity index (χ4v) is 6.67. The molecule has 2 aliphatic heterocycles. The molecule has 7 nitrogen and oxygen atoms in total. The van der Waals surface area contributed by atoms with Gasteiger partial charge in [-0.1, -0.05) is 75.1 Å². The van der Waals surface area contributed by atoms with Gasteiger partial charge in [-0.25, -0.2) is 9.80 Å². The minimum Gasteiger partial charge on any atom is -0.315 e. The summed E-state index contributed by atoms with van der Waals surface area (Å²) in [6.07, 6.45) is 8.81. The van der Waals surface area contributed by atoms with Crippen LogP contribution in [0.1, 0.15) is 58.3 Å². The van der Waals surface area contributed by atoms with E-state index in [0.29, 0.717) is 12.1 Å². The highest BCUT2D eigenvalue weighted by Gasteiger charge is 2.46. The molecule has 0 bridgehead atoms. The maximum Gasteiger partial charge on any atom is 0.139 e. The number of hydrogen-bond acceptors (Lipinski definition) is 7. The molecule has 3 aliphatic rings. The number of benzene rings is 2. The Bertz CT molecular complexity index is 944. The molecule has 1 aliphatic carbocycles. The Labute approximate surface area is 217 Å². The molecule has 2 aromatic rings. The Balaban J connectivity index is 1.45. The fourth-order valence-electron chi connectivity index (χ4n) is 6.67. The molecule has 196 valence electrons. The van der Waals surface area contributed by atoms with Crippen LogP contribution in [0.15, 0.2) is 54.6 Å². The summed E-state index contributed by atoms with van der Waals surface area (Å²) in [5, 5.41) is 0. The van der Waals surface area contributed by atoms with Crippen molar-refractivity contribution in [3.05, 3.63) is 54.6 Å². The van der Waals surface area contributed by atoms with Crippen molar-refractivity contribution in [2.45, 2.75) is 89.2 Å². The lowest BCUT2D eigenvalue weighted by atomic mass is 10.0. The molecular formula is C29H45N7. The fraction of sp³-hybridized carbons (Fsp3) is 0.586. The largest absolute Gasteiger partial charge is 0.315 e. The number of hydrogen-bond donors (Lipinski definition) is 3. The normalized spacial score (nSPS) is 29.5. The first-order chi connectivity index (χ1) is 17.6. The third-order valence-electron chi connectivity index (χ3n) is 8.71. The summed E-state index contributed by atoms with van der Waals surface area (Å²) in [5.74, 6) is 0. The van der Waals surface area contributed by atoms with E-state index < -0.39 is 0 Å². The van der Waals surface area contributed by atoms with Gasteiger partial charge < -0.3 is 10.6 Å². The van der Waals surface area contributed by atoms with Crippen molar-refractivity contribution in [3.63, 3.8) is 0 Å². The van der Waals surface area contributed by atoms with E-state index in [0.717, 1.165) is 38.2 Å². The molecule has 6 N–H and O–H groups in total. The van der Waals surface area contributed by atoms with Crippen molar-refractivity contribution in [2.24, 2.45) is 17.2 Å². The molecule has 0 radical (unpaired) electrons. The summed E-state index contributed by atoms with van der Waals surface area (Å²) < 4.78 is 0. The maximum atomic E-state index is 7.05. The Morgan fingerprint density at radius 2 is 1.39 bits per heavy atom. The topological polar surface area (TPSA) is 91.0 Å². The highest BCUT2D eigenvalue weighted by molar-refractivity contribution is 5.66. The van der Waals surface area contributed by atoms with Crippen LogP contribution in [0.25, 0.3) is 11.1 Å². The van der Waals surface area contributed by atoms with E-state index in [1.165, 1.54) is 49.7 Å². The van der Waals surface area contributed by atoms with Crippen LogP contribution in [0, 0.1) is 0 Å². The Hall–Kier alpha value is -2.00. The lowest BCUT2D eigenvalue weighted by molar-refractivity contribution is -0.0917. The molecule has 2 saturated heterocycles. The van der Waals surface area contributed by atoms with Gasteiger partial charge in [0.25, 0.3) is 0 Å². The molecule has 0 aromatic heterocycles. The van der Waals surface area contributed by atoms with Crippen LogP contribution in [0.2, 0.25) is 0 Å². The third-order valence-corrected chi connectivity index (χ3v) is 8.71. The first-order valence-corrected chi connectivity index (χ1v) is 14.1. The molecule has 36 heavy (non-hydrogen) atoms. The van der Waals surface area contributed by atoms with Gasteiger partial charge in [0.1, 0.15) is 18.9 Å². The van der Waals surface area contributed by atoms with E-state index in [1.54, 1.807) is 0 Å². The number of likely N-dealkylation sites (N-methyl/N-ethyl adjacent to an activating group) is 1. The summed E-state index contributed by atoms with van der Waals surface area (Å²) in [6.45, 7) is 5.35. The average Bonchev–Trinajstić information content (AvgIpc) is 3.19. The van der Waals surface area contributed by atoms with Gasteiger partial charge in [-0.3, -0.25) is 16.4 Å². The number of anilines is 1. The van der Waals surface area contributed by atoms with Crippen molar-refractivity contribution in [2.75, 3.05) is 24.5 Å². The van der Waals surface area contributed by atoms with Crippen molar-refractivity contribution >= 4 is 5.69 Å². The van der Waals surface area contributed by atoms with Crippen LogP contribution in [0.5, 0.6) is 0 Å². The standard InChI is InChI=1S/C29H45N7/c1-2-33-20-10-15-26(33)21-34-27(30)35(24-13-8-3-4-9-14-24)29(32)36(28(34)31)25-18-16-23(17-19-25)22-11-6-5-7-12-22/h5-7,11-12,16-19,24,26-29H,2-4,8-10,13-15,20-21,30-32H2,1H3. The zero-order chi connectivity index (χ0) is 25.1. The second kappa shape index (κ2) is 11.6. The SMILES string of the molecule is CCN1CCCC1CN1C(N)N(c2ccc(-c3ccccc3)cc2)C(N)N(C2CCCCCC2)C1N. The summed E-state index contributed by atoms with van der Waals surface area (Å²) in [5.41, 5.74) is 24.5. The first-order valence-electron chi connectivity index (χ1n) is 14.1. The number of nitrogens with zero attached hydrogens (tertiary/aromatic N) is 4. The van der Waals surface area contributed by atoms with Crippen molar-refractivity contribution in [1.29, 1.82) is 0 Å². The van der Waals surface area contributed by atoms with Gasteiger partial charge in [0, 0.05) is 24.3 Å². The van der Waals surface area contributed by atoms with Crippen LogP contribution < -0.4 is 22.1 Å². The first kappa shape index (κ1) is 25.6. The average molecular weight is 492 g/mol. The van der Waals surface area contributed by atoms with E-state index in [1.807, 2.05) is 6.07 Å². The molecule has 1 saturated carbocycles. The second-order valence-electron chi connectivity index (χ2n) is 10.8. The Morgan fingerprint density at radius 3 is 2.06 bits per heavy atom. The van der Waals surface area contributed by atoms with E-state index in [9.17, 15) is 0 Å². The van der Waals surface area contributed by atoms with Crippen LogP contribution >= 0.6 is 0 Å². The van der Waals surface area contributed by atoms with Gasteiger partial charge in [0.15, 0.2) is 0 Å². The van der Waals surface area contributed by atoms with Gasteiger partial charge in [-0.15, -0.1) is 0 Å². The van der Waals surface area contributed by atoms with E-state index in [4.69, 9.17) is 17.2 Å². The summed E-state index contributed by atoms with van der Waals surface area (Å²) in [7, 11) is 0. The summed E-state index contributed by atoms with van der Waals surface area (Å²) >= 11 is 0. The molecule has 0 spiro atoms. The molecule has 7 heteroatoms. The molecule has 4 atom stereocenters. The maximum absolute atomic E-state index is 7.05. The minimum absolute atomic E-state index is 0.280. The zero-order valence-electron chi connectivity index (χ0n) is 21.9. The molecule has 2 heterocycles. The van der Waals surface area contributed by atoms with Gasteiger partial charge in [-0.2, -0.15) is 0 Å². The van der Waals surface area contributed by atoms with Gasteiger partial charge in [0.05, 0.1) is 0 Å². The zero-order valence-corrected chi connectivity index (χ0v) is 21.9. The lowest BCUT2D eigenvalue weighted by Crippen LogP contribution is -2.80. The number of rotatable bonds is 6. The highest BCUT2D eigenvalue weighted by atomic mass is 15.7. The molecule has 0 amide bonds. The van der Waals surface area contributed by atoms with Gasteiger partial charge >= 0.3 is 0 Å². The summed E-state index contributed by atoms with van der Waals surface area (Å²) in [4.78, 5) is 9.43.